The Labute approximate surface area is 171 Å². The minimum atomic E-state index is -0.152. The highest BCUT2D eigenvalue weighted by atomic mass is 16.7. The van der Waals surface area contributed by atoms with Gasteiger partial charge in [-0.15, -0.1) is 0 Å². The van der Waals surface area contributed by atoms with Gasteiger partial charge in [0.2, 0.25) is 18.6 Å². The molecule has 1 aliphatic rings. The first-order valence-corrected chi connectivity index (χ1v) is 9.53. The summed E-state index contributed by atoms with van der Waals surface area (Å²) in [5, 5.41) is 5.81. The number of benzene rings is 2. The molecule has 7 nitrogen and oxygen atoms in total. The number of aryl methyl sites for hydroxylation is 3. The van der Waals surface area contributed by atoms with Gasteiger partial charge in [-0.1, -0.05) is 23.8 Å². The molecule has 154 valence electrons. The number of ether oxygens (including phenoxy) is 2. The molecule has 1 heterocycles. The average Bonchev–Trinajstić information content (AvgIpc) is 3.10. The summed E-state index contributed by atoms with van der Waals surface area (Å²) in [6.45, 7) is 6.85. The molecule has 2 amide bonds. The largest absolute Gasteiger partial charge is 0.454 e. The lowest BCUT2D eigenvalue weighted by Gasteiger charge is -2.18. The van der Waals surface area contributed by atoms with Crippen LogP contribution in [0.1, 0.15) is 22.3 Å². The molecule has 0 saturated heterocycles. The van der Waals surface area contributed by atoms with Crippen LogP contribution in [0.4, 0.5) is 5.69 Å². The van der Waals surface area contributed by atoms with E-state index in [0.717, 1.165) is 27.9 Å². The Morgan fingerprint density at radius 2 is 1.62 bits per heavy atom. The van der Waals surface area contributed by atoms with Crippen LogP contribution in [0.2, 0.25) is 0 Å². The fourth-order valence-electron chi connectivity index (χ4n) is 3.41. The van der Waals surface area contributed by atoms with Crippen LogP contribution in [0.25, 0.3) is 0 Å². The molecule has 0 unspecified atom stereocenters. The summed E-state index contributed by atoms with van der Waals surface area (Å²) in [7, 11) is 1.74. The van der Waals surface area contributed by atoms with E-state index in [1.807, 2.05) is 51.1 Å². The van der Waals surface area contributed by atoms with Gasteiger partial charge in [0, 0.05) is 12.2 Å². The number of likely N-dealkylation sites (N-methyl/N-ethyl adjacent to an activating group) is 1. The van der Waals surface area contributed by atoms with E-state index < -0.39 is 0 Å². The van der Waals surface area contributed by atoms with Crippen molar-refractivity contribution in [1.29, 1.82) is 0 Å². The summed E-state index contributed by atoms with van der Waals surface area (Å²) < 4.78 is 10.6. The Kier molecular flexibility index (Phi) is 6.39. The Morgan fingerprint density at radius 1 is 0.966 bits per heavy atom. The Hall–Kier alpha value is -3.06. The summed E-state index contributed by atoms with van der Waals surface area (Å²) >= 11 is 0. The first-order chi connectivity index (χ1) is 13.8. The number of nitrogens with one attached hydrogen (secondary N) is 2. The average molecular weight is 397 g/mol. The maximum absolute atomic E-state index is 12.4. The predicted molar refractivity (Wildman–Crippen MR) is 111 cm³/mol. The highest BCUT2D eigenvalue weighted by Crippen LogP contribution is 2.32. The highest BCUT2D eigenvalue weighted by molar-refractivity contribution is 5.94. The monoisotopic (exact) mass is 397 g/mol. The smallest absolute Gasteiger partial charge is 0.238 e. The second-order valence-corrected chi connectivity index (χ2v) is 7.46. The number of carbonyl (C=O) groups excluding carboxylic acids is 2. The lowest BCUT2D eigenvalue weighted by Crippen LogP contribution is -2.38. The van der Waals surface area contributed by atoms with Gasteiger partial charge in [0.15, 0.2) is 11.5 Å². The van der Waals surface area contributed by atoms with Crippen molar-refractivity contribution in [1.82, 2.24) is 10.2 Å². The first kappa shape index (κ1) is 20.7. The molecule has 0 radical (unpaired) electrons. The topological polar surface area (TPSA) is 79.9 Å². The van der Waals surface area contributed by atoms with Gasteiger partial charge in [-0.2, -0.15) is 0 Å². The summed E-state index contributed by atoms with van der Waals surface area (Å²) in [5.41, 5.74) is 4.98. The normalized spacial score (nSPS) is 12.2. The fourth-order valence-corrected chi connectivity index (χ4v) is 3.41. The van der Waals surface area contributed by atoms with Crippen LogP contribution in [0, 0.1) is 20.8 Å². The molecule has 0 aromatic heterocycles. The van der Waals surface area contributed by atoms with Gasteiger partial charge in [-0.05, 0) is 56.6 Å². The molecule has 0 bridgehead atoms. The van der Waals surface area contributed by atoms with E-state index in [1.165, 1.54) is 0 Å². The van der Waals surface area contributed by atoms with Gasteiger partial charge in [0.25, 0.3) is 0 Å². The minimum absolute atomic E-state index is 0.129. The van der Waals surface area contributed by atoms with E-state index in [2.05, 4.69) is 10.6 Å². The number of fused-ring (bicyclic) bond motifs is 1. The van der Waals surface area contributed by atoms with Crippen LogP contribution in [-0.2, 0) is 16.1 Å². The Morgan fingerprint density at radius 3 is 2.34 bits per heavy atom. The van der Waals surface area contributed by atoms with Crippen LogP contribution in [0.15, 0.2) is 30.3 Å². The molecule has 29 heavy (non-hydrogen) atoms. The maximum Gasteiger partial charge on any atom is 0.238 e. The van der Waals surface area contributed by atoms with Gasteiger partial charge in [0.05, 0.1) is 13.1 Å². The van der Waals surface area contributed by atoms with Crippen LogP contribution in [0.3, 0.4) is 0 Å². The zero-order valence-corrected chi connectivity index (χ0v) is 17.3. The molecule has 2 aromatic rings. The van der Waals surface area contributed by atoms with Gasteiger partial charge in [-0.3, -0.25) is 14.5 Å². The first-order valence-electron chi connectivity index (χ1n) is 9.53. The third kappa shape index (κ3) is 5.48. The molecule has 0 saturated carbocycles. The van der Waals surface area contributed by atoms with E-state index in [-0.39, 0.29) is 31.7 Å². The number of nitrogens with zero attached hydrogens (tertiary/aromatic N) is 1. The standard InChI is InChI=1S/C22H27N3O4/c1-14-7-15(2)22(16(3)8-14)24-21(27)12-25(4)11-20(26)23-10-17-5-6-18-19(9-17)29-13-28-18/h5-9H,10-13H2,1-4H3,(H,23,26)(H,24,27). The molecule has 2 N–H and O–H groups in total. The number of hydrogen-bond donors (Lipinski definition) is 2. The van der Waals surface area contributed by atoms with E-state index in [4.69, 9.17) is 9.47 Å². The van der Waals surface area contributed by atoms with E-state index in [9.17, 15) is 9.59 Å². The molecule has 0 atom stereocenters. The number of hydrogen-bond acceptors (Lipinski definition) is 5. The molecule has 2 aromatic carbocycles. The van der Waals surface area contributed by atoms with Crippen LogP contribution in [0.5, 0.6) is 11.5 Å². The molecule has 0 fully saturated rings. The quantitative estimate of drug-likeness (QED) is 0.751. The zero-order chi connectivity index (χ0) is 21.0. The molecular weight excluding hydrogens is 370 g/mol. The molecular formula is C22H27N3O4. The maximum atomic E-state index is 12.4. The van der Waals surface area contributed by atoms with Crippen molar-refractivity contribution >= 4 is 17.5 Å². The van der Waals surface area contributed by atoms with Crippen LogP contribution < -0.4 is 20.1 Å². The molecule has 0 aliphatic carbocycles. The summed E-state index contributed by atoms with van der Waals surface area (Å²) in [4.78, 5) is 26.3. The number of amides is 2. The highest BCUT2D eigenvalue weighted by Gasteiger charge is 2.15. The van der Waals surface area contributed by atoms with Crippen LogP contribution >= 0.6 is 0 Å². The Bertz CT molecular complexity index is 903. The Balaban J connectivity index is 1.45. The van der Waals surface area contributed by atoms with Gasteiger partial charge < -0.3 is 20.1 Å². The van der Waals surface area contributed by atoms with Gasteiger partial charge in [0.1, 0.15) is 0 Å². The van der Waals surface area contributed by atoms with Crippen molar-refractivity contribution in [3.05, 3.63) is 52.6 Å². The van der Waals surface area contributed by atoms with Crippen molar-refractivity contribution in [2.24, 2.45) is 0 Å². The van der Waals surface area contributed by atoms with Crippen molar-refractivity contribution in [3.8, 4) is 11.5 Å². The van der Waals surface area contributed by atoms with Crippen molar-refractivity contribution in [2.45, 2.75) is 27.3 Å². The number of carbonyl (C=O) groups is 2. The predicted octanol–water partition coefficient (Wildman–Crippen LogP) is 2.53. The van der Waals surface area contributed by atoms with E-state index in [0.29, 0.717) is 18.0 Å². The second-order valence-electron chi connectivity index (χ2n) is 7.46. The summed E-state index contributed by atoms with van der Waals surface area (Å²) in [6, 6.07) is 9.64. The number of anilines is 1. The van der Waals surface area contributed by atoms with E-state index in [1.54, 1.807) is 11.9 Å². The van der Waals surface area contributed by atoms with Crippen LogP contribution in [-0.4, -0.2) is 43.6 Å². The summed E-state index contributed by atoms with van der Waals surface area (Å²) in [6.07, 6.45) is 0. The van der Waals surface area contributed by atoms with Crippen molar-refractivity contribution in [3.63, 3.8) is 0 Å². The van der Waals surface area contributed by atoms with Gasteiger partial charge >= 0.3 is 0 Å². The molecule has 3 rings (SSSR count). The van der Waals surface area contributed by atoms with E-state index >= 15 is 0 Å². The zero-order valence-electron chi connectivity index (χ0n) is 17.3. The minimum Gasteiger partial charge on any atom is -0.454 e. The third-order valence-electron chi connectivity index (χ3n) is 4.70. The SMILES string of the molecule is Cc1cc(C)c(NC(=O)CN(C)CC(=O)NCc2ccc3c(c2)OCO3)c(C)c1. The van der Waals surface area contributed by atoms with Crippen molar-refractivity contribution in [2.75, 3.05) is 32.2 Å². The van der Waals surface area contributed by atoms with Gasteiger partial charge in [-0.25, -0.2) is 0 Å². The molecule has 0 spiro atoms. The lowest BCUT2D eigenvalue weighted by molar-refractivity contribution is -0.123. The fraction of sp³-hybridized carbons (Fsp3) is 0.364. The third-order valence-corrected chi connectivity index (χ3v) is 4.70. The molecule has 1 aliphatic heterocycles. The number of rotatable bonds is 7. The molecule has 7 heteroatoms. The summed E-state index contributed by atoms with van der Waals surface area (Å²) in [5.74, 6) is 1.10. The van der Waals surface area contributed by atoms with Crippen molar-refractivity contribution < 1.29 is 19.1 Å². The second kappa shape index (κ2) is 8.96. The lowest BCUT2D eigenvalue weighted by atomic mass is 10.1.